The number of rotatable bonds is 4. The molecule has 88 valence electrons. The third-order valence-corrected chi connectivity index (χ3v) is 2.48. The van der Waals surface area contributed by atoms with E-state index < -0.39 is 0 Å². The van der Waals surface area contributed by atoms with E-state index in [1.165, 1.54) is 12.1 Å². The van der Waals surface area contributed by atoms with Crippen LogP contribution in [-0.4, -0.2) is 24.6 Å². The highest BCUT2D eigenvalue weighted by atomic mass is 35.5. The van der Waals surface area contributed by atoms with Crippen molar-refractivity contribution in [2.24, 2.45) is 5.92 Å². The smallest absolute Gasteiger partial charge is 0.228 e. The molecule has 1 unspecified atom stereocenters. The lowest BCUT2D eigenvalue weighted by Gasteiger charge is -2.11. The summed E-state index contributed by atoms with van der Waals surface area (Å²) < 4.78 is 0. The largest absolute Gasteiger partial charge is 0.506 e. The van der Waals surface area contributed by atoms with Gasteiger partial charge in [0.05, 0.1) is 5.02 Å². The van der Waals surface area contributed by atoms with Crippen molar-refractivity contribution in [1.82, 2.24) is 5.32 Å². The highest BCUT2D eigenvalue weighted by Gasteiger charge is 2.12. The molecular weight excluding hydrogens is 228 g/mol. The van der Waals surface area contributed by atoms with Crippen LogP contribution in [0.2, 0.25) is 5.02 Å². The van der Waals surface area contributed by atoms with Crippen LogP contribution in [0.3, 0.4) is 0 Å². The Morgan fingerprint density at radius 2 is 2.25 bits per heavy atom. The number of aromatic hydroxyl groups is 1. The Hall–Kier alpha value is -1.26. The van der Waals surface area contributed by atoms with E-state index in [1.807, 2.05) is 6.92 Å². The number of amides is 1. The summed E-state index contributed by atoms with van der Waals surface area (Å²) in [4.78, 5) is 11.6. The number of hydrogen-bond acceptors (Lipinski definition) is 3. The standard InChI is InChI=1S/C11H15ClN2O2/c1-7(6-13-2)11(16)14-8-3-4-10(15)9(12)5-8/h3-5,7,13,15H,6H2,1-2H3,(H,14,16). The monoisotopic (exact) mass is 242 g/mol. The maximum absolute atomic E-state index is 11.6. The van der Waals surface area contributed by atoms with Crippen LogP contribution in [0.4, 0.5) is 5.69 Å². The molecule has 0 saturated heterocycles. The minimum Gasteiger partial charge on any atom is -0.506 e. The molecule has 1 aromatic rings. The van der Waals surface area contributed by atoms with E-state index in [1.54, 1.807) is 13.1 Å². The van der Waals surface area contributed by atoms with Crippen molar-refractivity contribution in [2.45, 2.75) is 6.92 Å². The number of phenols is 1. The normalized spacial score (nSPS) is 12.2. The van der Waals surface area contributed by atoms with Crippen molar-refractivity contribution in [3.8, 4) is 5.75 Å². The fourth-order valence-electron chi connectivity index (χ4n) is 1.25. The molecule has 0 aliphatic rings. The van der Waals surface area contributed by atoms with Gasteiger partial charge < -0.3 is 15.7 Å². The van der Waals surface area contributed by atoms with Crippen LogP contribution in [0, 0.1) is 5.92 Å². The third kappa shape index (κ3) is 3.40. The van der Waals surface area contributed by atoms with Gasteiger partial charge in [-0.05, 0) is 25.2 Å². The zero-order valence-corrected chi connectivity index (χ0v) is 10.0. The summed E-state index contributed by atoms with van der Waals surface area (Å²) in [6, 6.07) is 4.56. The van der Waals surface area contributed by atoms with Gasteiger partial charge in [-0.15, -0.1) is 0 Å². The summed E-state index contributed by atoms with van der Waals surface area (Å²) in [5, 5.41) is 15.1. The van der Waals surface area contributed by atoms with Gasteiger partial charge in [-0.25, -0.2) is 0 Å². The first-order valence-electron chi connectivity index (χ1n) is 4.98. The van der Waals surface area contributed by atoms with Crippen LogP contribution in [0.15, 0.2) is 18.2 Å². The zero-order chi connectivity index (χ0) is 12.1. The number of anilines is 1. The number of halogens is 1. The Morgan fingerprint density at radius 1 is 1.56 bits per heavy atom. The van der Waals surface area contributed by atoms with E-state index in [0.717, 1.165) is 0 Å². The predicted octanol–water partition coefficient (Wildman–Crippen LogP) is 1.84. The fourth-order valence-corrected chi connectivity index (χ4v) is 1.43. The molecule has 0 saturated carbocycles. The number of benzene rings is 1. The van der Waals surface area contributed by atoms with Gasteiger partial charge in [-0.3, -0.25) is 4.79 Å². The van der Waals surface area contributed by atoms with E-state index in [0.29, 0.717) is 12.2 Å². The molecule has 0 radical (unpaired) electrons. The number of phenolic OH excluding ortho intramolecular Hbond substituents is 1. The van der Waals surface area contributed by atoms with Gasteiger partial charge >= 0.3 is 0 Å². The topological polar surface area (TPSA) is 61.4 Å². The Kier molecular flexibility index (Phi) is 4.58. The van der Waals surface area contributed by atoms with Crippen LogP contribution in [0.5, 0.6) is 5.75 Å². The summed E-state index contributed by atoms with van der Waals surface area (Å²) in [6.45, 7) is 2.44. The van der Waals surface area contributed by atoms with Gasteiger partial charge in [0.1, 0.15) is 5.75 Å². The van der Waals surface area contributed by atoms with Gasteiger partial charge in [0.2, 0.25) is 5.91 Å². The summed E-state index contributed by atoms with van der Waals surface area (Å²) in [5.41, 5.74) is 0.579. The molecule has 5 heteroatoms. The molecule has 0 fully saturated rings. The third-order valence-electron chi connectivity index (χ3n) is 2.17. The molecule has 0 spiro atoms. The molecule has 0 heterocycles. The predicted molar refractivity (Wildman–Crippen MR) is 64.8 cm³/mol. The maximum atomic E-state index is 11.6. The molecule has 0 bridgehead atoms. The molecule has 4 nitrogen and oxygen atoms in total. The average molecular weight is 243 g/mol. The quantitative estimate of drug-likeness (QED) is 0.706. The molecule has 1 rings (SSSR count). The molecule has 0 aliphatic heterocycles. The second kappa shape index (κ2) is 5.72. The molecule has 1 atom stereocenters. The lowest BCUT2D eigenvalue weighted by molar-refractivity contribution is -0.119. The van der Waals surface area contributed by atoms with E-state index in [4.69, 9.17) is 11.6 Å². The number of nitrogens with one attached hydrogen (secondary N) is 2. The van der Waals surface area contributed by atoms with Crippen LogP contribution < -0.4 is 10.6 Å². The first kappa shape index (κ1) is 12.8. The lowest BCUT2D eigenvalue weighted by atomic mass is 10.1. The molecule has 0 aliphatic carbocycles. The van der Waals surface area contributed by atoms with Gasteiger partial charge in [-0.2, -0.15) is 0 Å². The van der Waals surface area contributed by atoms with E-state index in [2.05, 4.69) is 10.6 Å². The molecule has 3 N–H and O–H groups in total. The first-order chi connectivity index (χ1) is 7.54. The summed E-state index contributed by atoms with van der Waals surface area (Å²) in [7, 11) is 1.79. The fraction of sp³-hybridized carbons (Fsp3) is 0.364. The van der Waals surface area contributed by atoms with Crippen LogP contribution in [-0.2, 0) is 4.79 Å². The first-order valence-corrected chi connectivity index (χ1v) is 5.36. The van der Waals surface area contributed by atoms with Crippen molar-refractivity contribution >= 4 is 23.2 Å². The summed E-state index contributed by atoms with van der Waals surface area (Å²) in [6.07, 6.45) is 0. The Morgan fingerprint density at radius 3 is 2.81 bits per heavy atom. The van der Waals surface area contributed by atoms with Crippen LogP contribution in [0.25, 0.3) is 0 Å². The van der Waals surface area contributed by atoms with E-state index in [-0.39, 0.29) is 22.6 Å². The second-order valence-electron chi connectivity index (χ2n) is 3.61. The van der Waals surface area contributed by atoms with Crippen LogP contribution >= 0.6 is 11.6 Å². The summed E-state index contributed by atoms with van der Waals surface area (Å²) in [5.74, 6) is -0.211. The Balaban J connectivity index is 2.66. The molecular formula is C11H15ClN2O2. The van der Waals surface area contributed by atoms with Gasteiger partial charge in [0, 0.05) is 18.2 Å². The maximum Gasteiger partial charge on any atom is 0.228 e. The number of carbonyl (C=O) groups excluding carboxylic acids is 1. The number of hydrogen-bond donors (Lipinski definition) is 3. The van der Waals surface area contributed by atoms with Crippen molar-refractivity contribution < 1.29 is 9.90 Å². The average Bonchev–Trinajstić information content (AvgIpc) is 2.24. The molecule has 1 amide bonds. The van der Waals surface area contributed by atoms with E-state index in [9.17, 15) is 9.90 Å². The highest BCUT2D eigenvalue weighted by molar-refractivity contribution is 6.32. The van der Waals surface area contributed by atoms with Crippen molar-refractivity contribution in [2.75, 3.05) is 18.9 Å². The molecule has 1 aromatic carbocycles. The van der Waals surface area contributed by atoms with E-state index >= 15 is 0 Å². The lowest BCUT2D eigenvalue weighted by Crippen LogP contribution is -2.28. The number of carbonyl (C=O) groups is 1. The van der Waals surface area contributed by atoms with Crippen molar-refractivity contribution in [1.29, 1.82) is 0 Å². The highest BCUT2D eigenvalue weighted by Crippen LogP contribution is 2.26. The van der Waals surface area contributed by atoms with Crippen molar-refractivity contribution in [3.63, 3.8) is 0 Å². The SMILES string of the molecule is CNCC(C)C(=O)Nc1ccc(O)c(Cl)c1. The second-order valence-corrected chi connectivity index (χ2v) is 4.02. The van der Waals surface area contributed by atoms with Gasteiger partial charge in [0.15, 0.2) is 0 Å². The minimum atomic E-state index is -0.127. The van der Waals surface area contributed by atoms with Gasteiger partial charge in [0.25, 0.3) is 0 Å². The van der Waals surface area contributed by atoms with Crippen molar-refractivity contribution in [3.05, 3.63) is 23.2 Å². The summed E-state index contributed by atoms with van der Waals surface area (Å²) >= 11 is 5.72. The Bertz CT molecular complexity index is 382. The van der Waals surface area contributed by atoms with Gasteiger partial charge in [-0.1, -0.05) is 18.5 Å². The Labute approximate surface area is 99.6 Å². The molecule has 16 heavy (non-hydrogen) atoms. The van der Waals surface area contributed by atoms with Crippen LogP contribution in [0.1, 0.15) is 6.92 Å². The zero-order valence-electron chi connectivity index (χ0n) is 9.25. The molecule has 0 aromatic heterocycles. The minimum absolute atomic E-state index is 0.00272.